The fourth-order valence-electron chi connectivity index (χ4n) is 2.85. The van der Waals surface area contributed by atoms with Crippen molar-refractivity contribution >= 4 is 45.6 Å². The monoisotopic (exact) mass is 440 g/mol. The predicted octanol–water partition coefficient (Wildman–Crippen LogP) is 4.33. The Morgan fingerprint density at radius 3 is 2.69 bits per heavy atom. The number of hydrogen-bond acceptors (Lipinski definition) is 6. The third-order valence-corrected chi connectivity index (χ3v) is 5.74. The summed E-state index contributed by atoms with van der Waals surface area (Å²) < 4.78 is 7.61. The summed E-state index contributed by atoms with van der Waals surface area (Å²) >= 11 is 13.5. The molecule has 0 saturated heterocycles. The summed E-state index contributed by atoms with van der Waals surface area (Å²) in [7, 11) is 0. The van der Waals surface area contributed by atoms with Crippen LogP contribution in [0.25, 0.3) is 33.7 Å². The van der Waals surface area contributed by atoms with Gasteiger partial charge in [0.05, 0.1) is 5.02 Å². The van der Waals surface area contributed by atoms with Gasteiger partial charge in [-0.2, -0.15) is 9.50 Å². The number of nitrogens with zero attached hydrogens (tertiary/aromatic N) is 4. The standard InChI is InChI=1S/C20H10Cl2N4O2S/c21-12-1-3-15(22)14(9-12)16-4-2-13(28-16)10-17-19(27)26-20(29-17)24-18(25-26)11-5-7-23-8-6-11/h1-10H. The predicted molar refractivity (Wildman–Crippen MR) is 113 cm³/mol. The van der Waals surface area contributed by atoms with Crippen LogP contribution in [0.5, 0.6) is 0 Å². The van der Waals surface area contributed by atoms with E-state index in [0.717, 1.165) is 5.56 Å². The first-order chi connectivity index (χ1) is 14.1. The van der Waals surface area contributed by atoms with Crippen molar-refractivity contribution in [1.29, 1.82) is 0 Å². The van der Waals surface area contributed by atoms with Gasteiger partial charge in [-0.05, 0) is 42.5 Å². The number of thiazole rings is 1. The van der Waals surface area contributed by atoms with E-state index in [9.17, 15) is 4.79 Å². The molecule has 4 aromatic heterocycles. The minimum absolute atomic E-state index is 0.253. The van der Waals surface area contributed by atoms with Crippen LogP contribution in [0, 0.1) is 0 Å². The average Bonchev–Trinajstić information content (AvgIpc) is 3.42. The molecule has 0 spiro atoms. The molecule has 1 aromatic carbocycles. The van der Waals surface area contributed by atoms with Gasteiger partial charge in [0, 0.05) is 34.6 Å². The van der Waals surface area contributed by atoms with Crippen molar-refractivity contribution in [2.75, 3.05) is 0 Å². The van der Waals surface area contributed by atoms with Crippen molar-refractivity contribution in [3.8, 4) is 22.7 Å². The van der Waals surface area contributed by atoms with Crippen LogP contribution in [0.1, 0.15) is 5.76 Å². The fraction of sp³-hybridized carbons (Fsp3) is 0. The molecular formula is C20H10Cl2N4O2S. The molecule has 0 saturated carbocycles. The van der Waals surface area contributed by atoms with Gasteiger partial charge in [0.25, 0.3) is 5.56 Å². The molecule has 0 fully saturated rings. The normalized spacial score (nSPS) is 12.1. The van der Waals surface area contributed by atoms with Crippen molar-refractivity contribution in [3.05, 3.63) is 85.5 Å². The molecule has 29 heavy (non-hydrogen) atoms. The van der Waals surface area contributed by atoms with Crippen LogP contribution in [0.4, 0.5) is 0 Å². The lowest BCUT2D eigenvalue weighted by molar-refractivity contribution is 0.571. The highest BCUT2D eigenvalue weighted by Crippen LogP contribution is 2.31. The van der Waals surface area contributed by atoms with Crippen molar-refractivity contribution < 1.29 is 4.42 Å². The minimum atomic E-state index is -0.253. The van der Waals surface area contributed by atoms with E-state index in [2.05, 4.69) is 15.1 Å². The van der Waals surface area contributed by atoms with E-state index in [4.69, 9.17) is 27.6 Å². The van der Waals surface area contributed by atoms with E-state index in [-0.39, 0.29) is 5.56 Å². The van der Waals surface area contributed by atoms with E-state index in [1.54, 1.807) is 60.9 Å². The minimum Gasteiger partial charge on any atom is -0.457 e. The number of benzene rings is 1. The summed E-state index contributed by atoms with van der Waals surface area (Å²) in [6.45, 7) is 0. The highest BCUT2D eigenvalue weighted by atomic mass is 35.5. The van der Waals surface area contributed by atoms with Gasteiger partial charge in [-0.1, -0.05) is 34.5 Å². The number of rotatable bonds is 3. The van der Waals surface area contributed by atoms with E-state index < -0.39 is 0 Å². The first-order valence-electron chi connectivity index (χ1n) is 8.45. The number of halogens is 2. The highest BCUT2D eigenvalue weighted by molar-refractivity contribution is 7.15. The molecule has 6 nitrogen and oxygen atoms in total. The topological polar surface area (TPSA) is 73.3 Å². The maximum atomic E-state index is 12.7. The molecule has 0 aliphatic heterocycles. The summed E-state index contributed by atoms with van der Waals surface area (Å²) in [4.78, 5) is 21.6. The van der Waals surface area contributed by atoms with Gasteiger partial charge >= 0.3 is 0 Å². The van der Waals surface area contributed by atoms with Gasteiger partial charge in [0.2, 0.25) is 4.96 Å². The third kappa shape index (κ3) is 3.33. The first-order valence-corrected chi connectivity index (χ1v) is 10.0. The Balaban J connectivity index is 1.54. The van der Waals surface area contributed by atoms with Crippen LogP contribution in [0.3, 0.4) is 0 Å². The fourth-order valence-corrected chi connectivity index (χ4v) is 4.12. The molecule has 0 N–H and O–H groups in total. The SMILES string of the molecule is O=c1c(=Cc2ccc(-c3cc(Cl)ccc3Cl)o2)sc2nc(-c3ccncc3)nn12. The number of furan rings is 1. The lowest BCUT2D eigenvalue weighted by Gasteiger charge is -2.00. The number of fused-ring (bicyclic) bond motifs is 1. The zero-order chi connectivity index (χ0) is 20.0. The maximum Gasteiger partial charge on any atom is 0.291 e. The molecule has 5 rings (SSSR count). The second kappa shape index (κ2) is 7.11. The molecule has 9 heteroatoms. The maximum absolute atomic E-state index is 12.7. The van der Waals surface area contributed by atoms with Crippen molar-refractivity contribution in [2.45, 2.75) is 0 Å². The van der Waals surface area contributed by atoms with Crippen LogP contribution in [-0.2, 0) is 0 Å². The smallest absolute Gasteiger partial charge is 0.291 e. The summed E-state index contributed by atoms with van der Waals surface area (Å²) in [6.07, 6.45) is 4.97. The van der Waals surface area contributed by atoms with Crippen LogP contribution < -0.4 is 10.1 Å². The third-order valence-electron chi connectivity index (χ3n) is 4.21. The zero-order valence-electron chi connectivity index (χ0n) is 14.5. The second-order valence-electron chi connectivity index (χ2n) is 6.11. The van der Waals surface area contributed by atoms with E-state index in [1.807, 2.05) is 0 Å². The Morgan fingerprint density at radius 2 is 1.90 bits per heavy atom. The Bertz CT molecular complexity index is 1460. The van der Waals surface area contributed by atoms with Crippen LogP contribution in [0.2, 0.25) is 10.0 Å². The quantitative estimate of drug-likeness (QED) is 0.417. The molecule has 0 aliphatic carbocycles. The summed E-state index contributed by atoms with van der Waals surface area (Å²) in [5.41, 5.74) is 1.23. The van der Waals surface area contributed by atoms with Gasteiger partial charge in [-0.3, -0.25) is 9.78 Å². The van der Waals surface area contributed by atoms with Gasteiger partial charge in [0.15, 0.2) is 5.82 Å². The molecular weight excluding hydrogens is 431 g/mol. The number of hydrogen-bond donors (Lipinski definition) is 0. The lowest BCUT2D eigenvalue weighted by Crippen LogP contribution is -2.23. The Morgan fingerprint density at radius 1 is 1.07 bits per heavy atom. The highest BCUT2D eigenvalue weighted by Gasteiger charge is 2.13. The molecule has 0 aliphatic rings. The van der Waals surface area contributed by atoms with Crippen LogP contribution >= 0.6 is 34.5 Å². The van der Waals surface area contributed by atoms with Gasteiger partial charge in [-0.25, -0.2) is 0 Å². The van der Waals surface area contributed by atoms with E-state index in [0.29, 0.717) is 42.4 Å². The number of aromatic nitrogens is 4. The molecule has 4 heterocycles. The first kappa shape index (κ1) is 18.1. The Hall–Kier alpha value is -3.00. The van der Waals surface area contributed by atoms with Gasteiger partial charge < -0.3 is 4.42 Å². The molecule has 0 radical (unpaired) electrons. The molecule has 0 atom stereocenters. The molecule has 0 amide bonds. The van der Waals surface area contributed by atoms with Crippen LogP contribution in [0.15, 0.2) is 64.1 Å². The zero-order valence-corrected chi connectivity index (χ0v) is 16.9. The molecule has 5 aromatic rings. The Labute approximate surface area is 177 Å². The number of pyridine rings is 1. The van der Waals surface area contributed by atoms with Crippen LogP contribution in [-0.4, -0.2) is 19.6 Å². The Kier molecular flexibility index (Phi) is 4.43. The molecule has 142 valence electrons. The summed E-state index contributed by atoms with van der Waals surface area (Å²) in [5.74, 6) is 1.57. The van der Waals surface area contributed by atoms with Crippen molar-refractivity contribution in [2.24, 2.45) is 0 Å². The average molecular weight is 441 g/mol. The van der Waals surface area contributed by atoms with Gasteiger partial charge in [0.1, 0.15) is 16.1 Å². The lowest BCUT2D eigenvalue weighted by atomic mass is 10.2. The summed E-state index contributed by atoms with van der Waals surface area (Å²) in [5, 5.41) is 5.40. The second-order valence-corrected chi connectivity index (χ2v) is 7.96. The van der Waals surface area contributed by atoms with E-state index >= 15 is 0 Å². The van der Waals surface area contributed by atoms with Crippen molar-refractivity contribution in [1.82, 2.24) is 19.6 Å². The van der Waals surface area contributed by atoms with Crippen molar-refractivity contribution in [3.63, 3.8) is 0 Å². The summed E-state index contributed by atoms with van der Waals surface area (Å²) in [6, 6.07) is 12.3. The molecule has 0 bridgehead atoms. The van der Waals surface area contributed by atoms with Gasteiger partial charge in [-0.15, -0.1) is 5.10 Å². The largest absolute Gasteiger partial charge is 0.457 e. The molecule has 0 unspecified atom stereocenters. The van der Waals surface area contributed by atoms with E-state index in [1.165, 1.54) is 15.9 Å².